The van der Waals surface area contributed by atoms with E-state index >= 15 is 0 Å². The molecule has 1 atom stereocenters. The Bertz CT molecular complexity index is 2690. The number of aromatic nitrogens is 3. The Hall–Kier alpha value is -7.51. The van der Waals surface area contributed by atoms with E-state index in [0.717, 1.165) is 73.0 Å². The van der Waals surface area contributed by atoms with Crippen LogP contribution in [0.25, 0.3) is 56.4 Å². The highest BCUT2D eigenvalue weighted by molar-refractivity contribution is 6.13. The third-order valence-electron chi connectivity index (χ3n) is 9.81. The summed E-state index contributed by atoms with van der Waals surface area (Å²) in [4.78, 5) is 25.1. The third kappa shape index (κ3) is 6.23. The lowest BCUT2D eigenvalue weighted by Gasteiger charge is -2.24. The van der Waals surface area contributed by atoms with Crippen molar-refractivity contribution in [1.82, 2.24) is 20.3 Å². The Morgan fingerprint density at radius 3 is 1.42 bits per heavy atom. The Kier molecular flexibility index (Phi) is 8.07. The lowest BCUT2D eigenvalue weighted by Crippen LogP contribution is -2.33. The second-order valence-electron chi connectivity index (χ2n) is 13.3. The fourth-order valence-electron chi connectivity index (χ4n) is 7.07. The second-order valence-corrected chi connectivity index (χ2v) is 13.3. The molecule has 55 heavy (non-hydrogen) atoms. The minimum atomic E-state index is -0.297. The monoisotopic (exact) mass is 708 g/mol. The van der Waals surface area contributed by atoms with Gasteiger partial charge in [0.1, 0.15) is 23.5 Å². The Balaban J connectivity index is 1.08. The van der Waals surface area contributed by atoms with Crippen LogP contribution >= 0.6 is 0 Å². The topological polar surface area (TPSA) is 84.7 Å². The van der Waals surface area contributed by atoms with Gasteiger partial charge in [0.05, 0.1) is 0 Å². The van der Waals surface area contributed by atoms with Crippen LogP contribution < -0.4 is 10.1 Å². The highest BCUT2D eigenvalue weighted by atomic mass is 16.5. The standard InChI is InChI=1S/C48H32N6O/c1-5-15-31(16-6-1)43-49-44(32-17-7-2-8-18-32)52-47(51-43)35-25-27-41-39(29-35)37-23-13-14-24-38(37)40-30-36(26-28-42(40)55-41)48-53-45(33-19-9-3-10-20-33)50-46(54-48)34-21-11-4-12-22-34/h1-30,43H,(H,49,51,52). The summed E-state index contributed by atoms with van der Waals surface area (Å²) in [6, 6.07) is 61.2. The van der Waals surface area contributed by atoms with E-state index in [4.69, 9.17) is 29.7 Å². The molecule has 0 radical (unpaired) electrons. The van der Waals surface area contributed by atoms with Crippen molar-refractivity contribution in [2.24, 2.45) is 9.98 Å². The van der Waals surface area contributed by atoms with E-state index in [-0.39, 0.29) is 6.17 Å². The van der Waals surface area contributed by atoms with Crippen LogP contribution in [0.15, 0.2) is 192 Å². The average molecular weight is 709 g/mol. The lowest BCUT2D eigenvalue weighted by molar-refractivity contribution is 0.488. The molecule has 0 saturated carbocycles. The van der Waals surface area contributed by atoms with Crippen molar-refractivity contribution in [2.45, 2.75) is 6.17 Å². The summed E-state index contributed by atoms with van der Waals surface area (Å²) in [6.07, 6.45) is -0.297. The first kappa shape index (κ1) is 32.2. The fourth-order valence-corrected chi connectivity index (χ4v) is 7.07. The molecule has 10 rings (SSSR count). The Labute approximate surface area is 318 Å². The van der Waals surface area contributed by atoms with Gasteiger partial charge in [-0.1, -0.05) is 146 Å². The molecule has 0 bridgehead atoms. The van der Waals surface area contributed by atoms with Gasteiger partial charge in [-0.05, 0) is 53.1 Å². The molecular weight excluding hydrogens is 677 g/mol. The zero-order chi connectivity index (χ0) is 36.6. The van der Waals surface area contributed by atoms with Crippen LogP contribution in [0.3, 0.4) is 0 Å². The summed E-state index contributed by atoms with van der Waals surface area (Å²) in [5, 5.41) is 3.55. The van der Waals surface area contributed by atoms with Crippen molar-refractivity contribution in [3.63, 3.8) is 0 Å². The van der Waals surface area contributed by atoms with E-state index in [9.17, 15) is 0 Å². The molecule has 1 aromatic heterocycles. The number of aliphatic imine (C=N–C) groups is 2. The number of benzene rings is 7. The molecule has 0 aliphatic carbocycles. The Morgan fingerprint density at radius 2 is 0.855 bits per heavy atom. The maximum absolute atomic E-state index is 6.74. The van der Waals surface area contributed by atoms with Crippen LogP contribution in [0.2, 0.25) is 0 Å². The molecular formula is C48H32N6O. The van der Waals surface area contributed by atoms with Gasteiger partial charge >= 0.3 is 0 Å². The highest BCUT2D eigenvalue weighted by Crippen LogP contribution is 2.48. The number of fused-ring (bicyclic) bond motifs is 5. The normalized spacial score (nSPS) is 14.1. The van der Waals surface area contributed by atoms with E-state index in [1.54, 1.807) is 0 Å². The van der Waals surface area contributed by atoms with Gasteiger partial charge in [-0.2, -0.15) is 0 Å². The van der Waals surface area contributed by atoms with E-state index in [1.165, 1.54) is 0 Å². The van der Waals surface area contributed by atoms with Gasteiger partial charge in [-0.25, -0.2) is 24.9 Å². The molecule has 0 saturated heterocycles. The van der Waals surface area contributed by atoms with Crippen molar-refractivity contribution in [2.75, 3.05) is 0 Å². The molecule has 0 amide bonds. The van der Waals surface area contributed by atoms with Gasteiger partial charge in [-0.15, -0.1) is 0 Å². The molecule has 7 nitrogen and oxygen atoms in total. The number of hydrogen-bond acceptors (Lipinski definition) is 7. The molecule has 1 unspecified atom stereocenters. The molecule has 2 aliphatic rings. The summed E-state index contributed by atoms with van der Waals surface area (Å²) in [5.41, 5.74) is 9.64. The van der Waals surface area contributed by atoms with Gasteiger partial charge in [0.2, 0.25) is 0 Å². The number of nitrogens with one attached hydrogen (secondary N) is 1. The van der Waals surface area contributed by atoms with Gasteiger partial charge in [0.25, 0.3) is 0 Å². The number of nitrogens with zero attached hydrogens (tertiary/aromatic N) is 5. The van der Waals surface area contributed by atoms with E-state index < -0.39 is 0 Å². The molecule has 7 aromatic carbocycles. The molecule has 260 valence electrons. The zero-order valence-electron chi connectivity index (χ0n) is 29.5. The maximum atomic E-state index is 6.74. The van der Waals surface area contributed by atoms with Gasteiger partial charge in [0, 0.05) is 38.9 Å². The summed E-state index contributed by atoms with van der Waals surface area (Å²) in [6.45, 7) is 0. The van der Waals surface area contributed by atoms with Crippen molar-refractivity contribution >= 4 is 11.7 Å². The summed E-state index contributed by atoms with van der Waals surface area (Å²) in [5.74, 6) is 4.73. The maximum Gasteiger partial charge on any atom is 0.164 e. The lowest BCUT2D eigenvalue weighted by atomic mass is 9.92. The van der Waals surface area contributed by atoms with Crippen molar-refractivity contribution in [1.29, 1.82) is 0 Å². The highest BCUT2D eigenvalue weighted by Gasteiger charge is 2.25. The van der Waals surface area contributed by atoms with E-state index in [1.807, 2.05) is 121 Å². The van der Waals surface area contributed by atoms with Crippen molar-refractivity contribution in [3.8, 4) is 67.9 Å². The van der Waals surface area contributed by atoms with Crippen LogP contribution in [0.5, 0.6) is 11.5 Å². The summed E-state index contributed by atoms with van der Waals surface area (Å²) in [7, 11) is 0. The Morgan fingerprint density at radius 1 is 0.400 bits per heavy atom. The number of amidine groups is 2. The van der Waals surface area contributed by atoms with Crippen LogP contribution in [-0.2, 0) is 0 Å². The van der Waals surface area contributed by atoms with Crippen LogP contribution in [0.4, 0.5) is 0 Å². The quantitative estimate of drug-likeness (QED) is 0.186. The van der Waals surface area contributed by atoms with Crippen LogP contribution in [-0.4, -0.2) is 26.6 Å². The number of hydrogen-bond donors (Lipinski definition) is 1. The minimum absolute atomic E-state index is 0.297. The molecule has 2 aliphatic heterocycles. The van der Waals surface area contributed by atoms with Gasteiger partial charge < -0.3 is 10.1 Å². The molecule has 3 heterocycles. The molecule has 8 aromatic rings. The van der Waals surface area contributed by atoms with E-state index in [2.05, 4.69) is 66.0 Å². The molecule has 7 heteroatoms. The zero-order valence-corrected chi connectivity index (χ0v) is 29.5. The van der Waals surface area contributed by atoms with Gasteiger partial charge in [0.15, 0.2) is 23.3 Å². The predicted molar refractivity (Wildman–Crippen MR) is 219 cm³/mol. The first-order valence-electron chi connectivity index (χ1n) is 18.2. The third-order valence-corrected chi connectivity index (χ3v) is 9.81. The molecule has 0 fully saturated rings. The van der Waals surface area contributed by atoms with Crippen LogP contribution in [0.1, 0.15) is 22.9 Å². The number of rotatable bonds is 6. The average Bonchev–Trinajstić information content (AvgIpc) is 3.41. The molecule has 1 N–H and O–H groups in total. The summed E-state index contributed by atoms with van der Waals surface area (Å²) >= 11 is 0. The number of ether oxygens (including phenoxy) is 1. The minimum Gasteiger partial charge on any atom is -0.456 e. The van der Waals surface area contributed by atoms with E-state index in [0.29, 0.717) is 23.3 Å². The smallest absolute Gasteiger partial charge is 0.164 e. The SMILES string of the molecule is c1ccc(C2=NC(c3ccc4c(c3)-c3ccccc3-c3cc(-c5nc(-c6ccccc6)nc(-c6ccccc6)n5)ccc3O4)=NC(c3ccccc3)N2)cc1. The predicted octanol–water partition coefficient (Wildman–Crippen LogP) is 10.8. The van der Waals surface area contributed by atoms with Gasteiger partial charge in [-0.3, -0.25) is 0 Å². The fraction of sp³-hybridized carbons (Fsp3) is 0.0208. The van der Waals surface area contributed by atoms with Crippen molar-refractivity contribution < 1.29 is 4.74 Å². The summed E-state index contributed by atoms with van der Waals surface area (Å²) < 4.78 is 6.74. The van der Waals surface area contributed by atoms with Crippen LogP contribution in [0, 0.1) is 0 Å². The second kappa shape index (κ2) is 13.8. The molecule has 0 spiro atoms. The largest absolute Gasteiger partial charge is 0.456 e. The van der Waals surface area contributed by atoms with Crippen molar-refractivity contribution in [3.05, 3.63) is 199 Å². The first-order chi connectivity index (χ1) is 27.2. The first-order valence-corrected chi connectivity index (χ1v) is 18.2.